The first-order valence-electron chi connectivity index (χ1n) is 13.5. The number of aromatic carboxylic acids is 1. The van der Waals surface area contributed by atoms with Gasteiger partial charge in [0.2, 0.25) is 0 Å². The van der Waals surface area contributed by atoms with Gasteiger partial charge in [-0.3, -0.25) is 4.79 Å². The highest BCUT2D eigenvalue weighted by molar-refractivity contribution is 6.37. The summed E-state index contributed by atoms with van der Waals surface area (Å²) in [4.78, 5) is 26.8. The first kappa shape index (κ1) is 28.5. The minimum Gasteiger partial charge on any atom is -0.478 e. The van der Waals surface area contributed by atoms with Crippen molar-refractivity contribution in [2.75, 3.05) is 31.2 Å². The molecule has 7 nitrogen and oxygen atoms in total. The van der Waals surface area contributed by atoms with Crippen molar-refractivity contribution in [2.45, 2.75) is 44.8 Å². The maximum absolute atomic E-state index is 15.8. The van der Waals surface area contributed by atoms with Crippen molar-refractivity contribution in [3.63, 3.8) is 0 Å². The molecular weight excluding hydrogens is 556 g/mol. The summed E-state index contributed by atoms with van der Waals surface area (Å²) in [5.41, 5.74) is 7.73. The molecule has 5 rings (SSSR count). The van der Waals surface area contributed by atoms with E-state index in [9.17, 15) is 14.7 Å². The van der Waals surface area contributed by atoms with Crippen molar-refractivity contribution in [1.29, 1.82) is 0 Å². The van der Waals surface area contributed by atoms with E-state index in [1.54, 1.807) is 24.4 Å². The number of hydrogen-bond acceptors (Lipinski definition) is 5. The molecule has 3 aromatic rings. The van der Waals surface area contributed by atoms with E-state index < -0.39 is 11.6 Å². The normalized spacial score (nSPS) is 17.6. The molecule has 1 aromatic heterocycles. The fourth-order valence-corrected chi connectivity index (χ4v) is 5.94. The summed E-state index contributed by atoms with van der Waals surface area (Å²) in [5, 5.41) is 10.9. The molecule has 2 fully saturated rings. The third kappa shape index (κ3) is 5.71. The molecule has 0 amide bonds. The Labute approximate surface area is 242 Å². The molecule has 0 spiro atoms. The van der Waals surface area contributed by atoms with Gasteiger partial charge in [0.25, 0.3) is 0 Å². The number of fused-ring (bicyclic) bond motifs is 1. The molecule has 0 radical (unpaired) electrons. The molecule has 2 aromatic carbocycles. The first-order valence-corrected chi connectivity index (χ1v) is 14.2. The number of carbonyl (C=O) groups is 2. The van der Waals surface area contributed by atoms with Crippen LogP contribution in [0.3, 0.4) is 0 Å². The zero-order valence-electron chi connectivity index (χ0n) is 22.3. The number of alkyl halides is 1. The van der Waals surface area contributed by atoms with Crippen LogP contribution in [0.4, 0.5) is 10.1 Å². The quantitative estimate of drug-likeness (QED) is 0.268. The standard InChI is InChI=1S/C30H32Cl2FN3O4/c1-2-35-15-21(29(38)39)20-9-8-19(14-25(20)35)36-12-10-30(33,11-13-36)17-40-16-22(28(37)18-6-7-18)27(34)26-23(31)4-3-5-24(26)32/h3-5,8-9,14-15,18H,2,6-7,10-13,16-17,34H2,1H3,(H,38,39). The van der Waals surface area contributed by atoms with E-state index in [4.69, 9.17) is 33.7 Å². The third-order valence-electron chi connectivity index (χ3n) is 7.87. The summed E-state index contributed by atoms with van der Waals surface area (Å²) in [6, 6.07) is 10.7. The number of piperidine rings is 1. The van der Waals surface area contributed by atoms with E-state index in [1.165, 1.54) is 0 Å². The first-order chi connectivity index (χ1) is 19.1. The number of aromatic nitrogens is 1. The highest BCUT2D eigenvalue weighted by Gasteiger charge is 2.37. The van der Waals surface area contributed by atoms with Crippen LogP contribution < -0.4 is 10.6 Å². The summed E-state index contributed by atoms with van der Waals surface area (Å²) in [5.74, 6) is -1.16. The second-order valence-corrected chi connectivity index (χ2v) is 11.4. The summed E-state index contributed by atoms with van der Waals surface area (Å²) >= 11 is 12.7. The van der Waals surface area contributed by atoms with Crippen LogP contribution in [0.25, 0.3) is 16.6 Å². The van der Waals surface area contributed by atoms with Gasteiger partial charge < -0.3 is 25.0 Å². The van der Waals surface area contributed by atoms with E-state index in [0.29, 0.717) is 40.6 Å². The Balaban J connectivity index is 1.26. The van der Waals surface area contributed by atoms with E-state index in [1.807, 2.05) is 29.7 Å². The Kier molecular flexibility index (Phi) is 8.13. The summed E-state index contributed by atoms with van der Waals surface area (Å²) in [6.07, 6.45) is 3.74. The Morgan fingerprint density at radius 2 is 1.82 bits per heavy atom. The largest absolute Gasteiger partial charge is 0.478 e. The van der Waals surface area contributed by atoms with Crippen LogP contribution in [0, 0.1) is 5.92 Å². The minimum atomic E-state index is -1.55. The van der Waals surface area contributed by atoms with Crippen LogP contribution in [0.15, 0.2) is 48.2 Å². The fraction of sp³-hybridized carbons (Fsp3) is 0.400. The van der Waals surface area contributed by atoms with Crippen molar-refractivity contribution >= 4 is 57.2 Å². The number of ether oxygens (including phenoxy) is 1. The topological polar surface area (TPSA) is 97.8 Å². The van der Waals surface area contributed by atoms with Gasteiger partial charge in [0, 0.05) is 66.8 Å². The highest BCUT2D eigenvalue weighted by atomic mass is 35.5. The predicted octanol–water partition coefficient (Wildman–Crippen LogP) is 6.34. The van der Waals surface area contributed by atoms with Crippen LogP contribution in [0.2, 0.25) is 10.0 Å². The third-order valence-corrected chi connectivity index (χ3v) is 8.50. The lowest BCUT2D eigenvalue weighted by Gasteiger charge is -2.37. The molecule has 1 aliphatic heterocycles. The fourth-order valence-electron chi connectivity index (χ4n) is 5.33. The molecule has 2 aliphatic rings. The van der Waals surface area contributed by atoms with Gasteiger partial charge in [-0.15, -0.1) is 0 Å². The van der Waals surface area contributed by atoms with Crippen molar-refractivity contribution in [3.05, 3.63) is 69.3 Å². The number of carboxylic acid groups (broad SMARTS) is 1. The number of ketones is 1. The molecule has 40 heavy (non-hydrogen) atoms. The Morgan fingerprint density at radius 3 is 2.42 bits per heavy atom. The Morgan fingerprint density at radius 1 is 1.15 bits per heavy atom. The molecule has 1 saturated carbocycles. The number of hydrogen-bond donors (Lipinski definition) is 2. The van der Waals surface area contributed by atoms with Gasteiger partial charge in [-0.25, -0.2) is 9.18 Å². The van der Waals surface area contributed by atoms with Crippen LogP contribution in [0.5, 0.6) is 0 Å². The number of Topliss-reactive ketones (excluding diaryl/α,β-unsaturated/α-hetero) is 1. The van der Waals surface area contributed by atoms with E-state index in [-0.39, 0.29) is 54.6 Å². The number of anilines is 1. The van der Waals surface area contributed by atoms with Gasteiger partial charge in [0.1, 0.15) is 5.67 Å². The Bertz CT molecular complexity index is 1470. The van der Waals surface area contributed by atoms with Crippen LogP contribution in [0.1, 0.15) is 48.5 Å². The molecule has 0 bridgehead atoms. The number of benzene rings is 2. The van der Waals surface area contributed by atoms with E-state index in [0.717, 1.165) is 24.0 Å². The van der Waals surface area contributed by atoms with Crippen molar-refractivity contribution in [3.8, 4) is 0 Å². The zero-order valence-corrected chi connectivity index (χ0v) is 23.8. The lowest BCUT2D eigenvalue weighted by atomic mass is 9.93. The zero-order chi connectivity index (χ0) is 28.6. The molecule has 3 N–H and O–H groups in total. The Hall–Kier alpha value is -3.07. The van der Waals surface area contributed by atoms with Gasteiger partial charge in [-0.2, -0.15) is 0 Å². The van der Waals surface area contributed by atoms with Crippen LogP contribution >= 0.6 is 23.2 Å². The average Bonchev–Trinajstić information content (AvgIpc) is 3.71. The van der Waals surface area contributed by atoms with Crippen LogP contribution in [-0.2, 0) is 16.1 Å². The molecule has 1 saturated heterocycles. The lowest BCUT2D eigenvalue weighted by molar-refractivity contribution is -0.117. The maximum atomic E-state index is 15.8. The lowest BCUT2D eigenvalue weighted by Crippen LogP contribution is -2.44. The highest BCUT2D eigenvalue weighted by Crippen LogP contribution is 2.37. The molecular formula is C30H32Cl2FN3O4. The smallest absolute Gasteiger partial charge is 0.337 e. The van der Waals surface area contributed by atoms with Gasteiger partial charge in [-0.05, 0) is 50.1 Å². The number of halogens is 3. The monoisotopic (exact) mass is 587 g/mol. The number of carboxylic acids is 1. The molecule has 1 aliphatic carbocycles. The number of rotatable bonds is 10. The van der Waals surface area contributed by atoms with E-state index in [2.05, 4.69) is 4.90 Å². The van der Waals surface area contributed by atoms with E-state index >= 15 is 4.39 Å². The van der Waals surface area contributed by atoms with Crippen LogP contribution in [-0.4, -0.2) is 53.4 Å². The average molecular weight is 589 g/mol. The molecule has 0 atom stereocenters. The number of aryl methyl sites for hydroxylation is 1. The van der Waals surface area contributed by atoms with Gasteiger partial charge in [-0.1, -0.05) is 29.3 Å². The van der Waals surface area contributed by atoms with Gasteiger partial charge >= 0.3 is 5.97 Å². The summed E-state index contributed by atoms with van der Waals surface area (Å²) in [7, 11) is 0. The van der Waals surface area contributed by atoms with Crippen molar-refractivity contribution in [2.24, 2.45) is 11.7 Å². The second-order valence-electron chi connectivity index (χ2n) is 10.6. The number of carbonyl (C=O) groups excluding carboxylic acids is 1. The predicted molar refractivity (Wildman–Crippen MR) is 156 cm³/mol. The summed E-state index contributed by atoms with van der Waals surface area (Å²) in [6.45, 7) is 3.28. The number of nitrogens with zero attached hydrogens (tertiary/aromatic N) is 2. The van der Waals surface area contributed by atoms with Crippen molar-refractivity contribution < 1.29 is 23.8 Å². The summed E-state index contributed by atoms with van der Waals surface area (Å²) < 4.78 is 23.5. The van der Waals surface area contributed by atoms with Gasteiger partial charge in [0.05, 0.1) is 40.0 Å². The van der Waals surface area contributed by atoms with Gasteiger partial charge in [0.15, 0.2) is 5.78 Å². The second kappa shape index (κ2) is 11.4. The van der Waals surface area contributed by atoms with Crippen molar-refractivity contribution in [1.82, 2.24) is 4.57 Å². The molecule has 10 heteroatoms. The molecule has 2 heterocycles. The number of nitrogens with two attached hydrogens (primary N) is 1. The molecule has 212 valence electrons. The maximum Gasteiger partial charge on any atom is 0.337 e. The minimum absolute atomic E-state index is 0.0984. The SMILES string of the molecule is CCn1cc(C(=O)O)c2ccc(N3CCC(F)(COCC(C(=O)C4CC4)=C(N)c4c(Cl)cccc4Cl)CC3)cc21. The molecule has 0 unspecified atom stereocenters.